The first-order chi connectivity index (χ1) is 12.7. The number of nitrogens with zero attached hydrogens (tertiary/aromatic N) is 1. The quantitative estimate of drug-likeness (QED) is 0.774. The zero-order valence-electron chi connectivity index (χ0n) is 15.4. The van der Waals surface area contributed by atoms with E-state index in [1.165, 1.54) is 10.6 Å². The molecule has 3 rings (SSSR count). The average molecular weight is 386 g/mol. The van der Waals surface area contributed by atoms with E-state index in [0.717, 1.165) is 11.1 Å². The highest BCUT2D eigenvalue weighted by Crippen LogP contribution is 2.32. The van der Waals surface area contributed by atoms with Gasteiger partial charge in [0, 0.05) is 30.6 Å². The van der Waals surface area contributed by atoms with Gasteiger partial charge in [0.05, 0.1) is 11.9 Å². The summed E-state index contributed by atoms with van der Waals surface area (Å²) in [4.78, 5) is 24.3. The molecule has 142 valence electrons. The molecule has 2 aromatic carbocycles. The van der Waals surface area contributed by atoms with Crippen molar-refractivity contribution >= 4 is 33.1 Å². The minimum Gasteiger partial charge on any atom is -0.326 e. The molecule has 1 heterocycles. The Balaban J connectivity index is 1.59. The van der Waals surface area contributed by atoms with Crippen LogP contribution in [0, 0.1) is 6.92 Å². The van der Waals surface area contributed by atoms with Gasteiger partial charge in [-0.2, -0.15) is 0 Å². The monoisotopic (exact) mass is 386 g/mol. The third-order valence-corrected chi connectivity index (χ3v) is 5.75. The van der Waals surface area contributed by atoms with E-state index in [0.29, 0.717) is 29.9 Å². The predicted octanol–water partition coefficient (Wildman–Crippen LogP) is 2.92. The fraction of sp³-hybridized carbons (Fsp3) is 0.300. The van der Waals surface area contributed by atoms with Crippen LogP contribution in [0.4, 0.5) is 11.4 Å². The predicted molar refractivity (Wildman–Crippen MR) is 106 cm³/mol. The Kier molecular flexibility index (Phi) is 5.32. The van der Waals surface area contributed by atoms with Gasteiger partial charge in [-0.3, -0.25) is 13.9 Å². The molecule has 0 fully saturated rings. The van der Waals surface area contributed by atoms with E-state index in [1.54, 1.807) is 30.3 Å². The first-order valence-electron chi connectivity index (χ1n) is 8.74. The molecule has 1 aliphatic heterocycles. The number of Topliss-reactive ketones (excluding diaryl/α,β-unsaturated/α-hetero) is 1. The molecular formula is C20H22N2O4S. The molecule has 0 aromatic heterocycles. The maximum absolute atomic E-state index is 12.2. The molecule has 0 atom stereocenters. The maximum Gasteiger partial charge on any atom is 0.232 e. The van der Waals surface area contributed by atoms with Crippen LogP contribution >= 0.6 is 0 Å². The van der Waals surface area contributed by atoms with E-state index in [9.17, 15) is 18.0 Å². The molecule has 2 aromatic rings. The summed E-state index contributed by atoms with van der Waals surface area (Å²) < 4.78 is 24.9. The van der Waals surface area contributed by atoms with Crippen LogP contribution in [0.3, 0.4) is 0 Å². The molecule has 1 amide bonds. The number of rotatable bonds is 6. The van der Waals surface area contributed by atoms with Crippen LogP contribution in [0.1, 0.15) is 34.3 Å². The molecule has 0 saturated heterocycles. The minimum atomic E-state index is -3.29. The summed E-state index contributed by atoms with van der Waals surface area (Å²) in [5.74, 6) is -0.309. The molecule has 0 saturated carbocycles. The van der Waals surface area contributed by atoms with Crippen LogP contribution in [-0.4, -0.2) is 32.9 Å². The lowest BCUT2D eigenvalue weighted by Crippen LogP contribution is -2.27. The van der Waals surface area contributed by atoms with Gasteiger partial charge in [-0.1, -0.05) is 29.8 Å². The van der Waals surface area contributed by atoms with Crippen molar-refractivity contribution in [3.63, 3.8) is 0 Å². The van der Waals surface area contributed by atoms with E-state index in [-0.39, 0.29) is 24.5 Å². The lowest BCUT2D eigenvalue weighted by Gasteiger charge is -2.16. The third kappa shape index (κ3) is 4.54. The van der Waals surface area contributed by atoms with E-state index < -0.39 is 10.0 Å². The lowest BCUT2D eigenvalue weighted by molar-refractivity contribution is -0.116. The van der Waals surface area contributed by atoms with Crippen LogP contribution < -0.4 is 9.62 Å². The van der Waals surface area contributed by atoms with Crippen LogP contribution in [0.25, 0.3) is 0 Å². The second kappa shape index (κ2) is 7.52. The first kappa shape index (κ1) is 19.1. The van der Waals surface area contributed by atoms with Gasteiger partial charge in [-0.05, 0) is 37.1 Å². The zero-order valence-corrected chi connectivity index (χ0v) is 16.2. The Morgan fingerprint density at radius 2 is 1.78 bits per heavy atom. The highest BCUT2D eigenvalue weighted by molar-refractivity contribution is 7.92. The van der Waals surface area contributed by atoms with Gasteiger partial charge < -0.3 is 5.32 Å². The molecule has 0 bridgehead atoms. The van der Waals surface area contributed by atoms with Crippen molar-refractivity contribution in [1.29, 1.82) is 0 Å². The fourth-order valence-corrected chi connectivity index (χ4v) is 4.09. The zero-order chi connectivity index (χ0) is 19.6. The number of amides is 1. The molecule has 0 aliphatic carbocycles. The van der Waals surface area contributed by atoms with Crippen molar-refractivity contribution < 1.29 is 18.0 Å². The molecule has 0 radical (unpaired) electrons. The minimum absolute atomic E-state index is 0.0668. The standard InChI is InChI=1S/C20H22N2O4S/c1-14-3-5-15(6-4-14)19(23)9-10-20(24)21-17-7-8-18-16(13-17)11-12-22(18)27(2,25)26/h3-8,13H,9-12H2,1-2H3,(H,21,24). The maximum atomic E-state index is 12.2. The number of ketones is 1. The second-order valence-corrected chi connectivity index (χ2v) is 8.67. The van der Waals surface area contributed by atoms with E-state index in [1.807, 2.05) is 19.1 Å². The third-order valence-electron chi connectivity index (χ3n) is 4.57. The molecular weight excluding hydrogens is 364 g/mol. The van der Waals surface area contributed by atoms with Crippen molar-refractivity contribution in [3.8, 4) is 0 Å². The van der Waals surface area contributed by atoms with Gasteiger partial charge in [0.2, 0.25) is 15.9 Å². The normalized spacial score (nSPS) is 13.3. The number of benzene rings is 2. The average Bonchev–Trinajstić information content (AvgIpc) is 3.04. The van der Waals surface area contributed by atoms with Gasteiger partial charge in [-0.25, -0.2) is 8.42 Å². The van der Waals surface area contributed by atoms with Crippen molar-refractivity contribution in [2.24, 2.45) is 0 Å². The largest absolute Gasteiger partial charge is 0.326 e. The summed E-state index contributed by atoms with van der Waals surface area (Å²) in [7, 11) is -3.29. The lowest BCUT2D eigenvalue weighted by atomic mass is 10.0. The number of hydrogen-bond donors (Lipinski definition) is 1. The molecule has 0 unspecified atom stereocenters. The topological polar surface area (TPSA) is 83.6 Å². The molecule has 0 spiro atoms. The number of anilines is 2. The van der Waals surface area contributed by atoms with Crippen molar-refractivity contribution in [2.75, 3.05) is 22.4 Å². The number of carbonyl (C=O) groups excluding carboxylic acids is 2. The Morgan fingerprint density at radius 3 is 2.44 bits per heavy atom. The van der Waals surface area contributed by atoms with Crippen LogP contribution in [-0.2, 0) is 21.2 Å². The highest BCUT2D eigenvalue weighted by Gasteiger charge is 2.26. The Bertz CT molecular complexity index is 982. The molecule has 1 aliphatic rings. The van der Waals surface area contributed by atoms with Gasteiger partial charge in [0.15, 0.2) is 5.78 Å². The molecule has 7 heteroatoms. The van der Waals surface area contributed by atoms with Crippen LogP contribution in [0.15, 0.2) is 42.5 Å². The number of carbonyl (C=O) groups is 2. The summed E-state index contributed by atoms with van der Waals surface area (Å²) in [5.41, 5.74) is 3.83. The molecule has 1 N–H and O–H groups in total. The number of aryl methyl sites for hydroxylation is 1. The first-order valence-corrected chi connectivity index (χ1v) is 10.6. The van der Waals surface area contributed by atoms with Gasteiger partial charge in [-0.15, -0.1) is 0 Å². The number of nitrogens with one attached hydrogen (secondary N) is 1. The van der Waals surface area contributed by atoms with Crippen molar-refractivity contribution in [2.45, 2.75) is 26.2 Å². The van der Waals surface area contributed by atoms with E-state index in [4.69, 9.17) is 0 Å². The van der Waals surface area contributed by atoms with Crippen LogP contribution in [0.2, 0.25) is 0 Å². The van der Waals surface area contributed by atoms with E-state index in [2.05, 4.69) is 5.32 Å². The summed E-state index contributed by atoms with van der Waals surface area (Å²) in [6.45, 7) is 2.37. The smallest absolute Gasteiger partial charge is 0.232 e. The second-order valence-electron chi connectivity index (χ2n) is 6.77. The Hall–Kier alpha value is -2.67. The van der Waals surface area contributed by atoms with E-state index >= 15 is 0 Å². The van der Waals surface area contributed by atoms with Crippen LogP contribution in [0.5, 0.6) is 0 Å². The highest BCUT2D eigenvalue weighted by atomic mass is 32.2. The fourth-order valence-electron chi connectivity index (χ4n) is 3.13. The summed E-state index contributed by atoms with van der Waals surface area (Å²) in [5, 5.41) is 2.78. The summed E-state index contributed by atoms with van der Waals surface area (Å²) in [6, 6.07) is 12.5. The number of hydrogen-bond acceptors (Lipinski definition) is 4. The molecule has 27 heavy (non-hydrogen) atoms. The van der Waals surface area contributed by atoms with Gasteiger partial charge in [0.1, 0.15) is 0 Å². The Labute approximate surface area is 159 Å². The van der Waals surface area contributed by atoms with Crippen molar-refractivity contribution in [1.82, 2.24) is 0 Å². The number of fused-ring (bicyclic) bond motifs is 1. The SMILES string of the molecule is Cc1ccc(C(=O)CCC(=O)Nc2ccc3c(c2)CCN3S(C)(=O)=O)cc1. The Morgan fingerprint density at radius 1 is 1.07 bits per heavy atom. The van der Waals surface area contributed by atoms with Gasteiger partial charge in [0.25, 0.3) is 0 Å². The molecule has 6 nitrogen and oxygen atoms in total. The summed E-state index contributed by atoms with van der Waals surface area (Å²) in [6.07, 6.45) is 2.03. The summed E-state index contributed by atoms with van der Waals surface area (Å²) >= 11 is 0. The van der Waals surface area contributed by atoms with Crippen molar-refractivity contribution in [3.05, 3.63) is 59.2 Å². The van der Waals surface area contributed by atoms with Gasteiger partial charge >= 0.3 is 0 Å². The number of sulfonamides is 1.